The van der Waals surface area contributed by atoms with E-state index in [4.69, 9.17) is 0 Å². The lowest BCUT2D eigenvalue weighted by atomic mass is 9.77. The molecule has 0 radical (unpaired) electrons. The van der Waals surface area contributed by atoms with Crippen LogP contribution in [0.2, 0.25) is 0 Å². The molecular weight excluding hydrogens is 192 g/mol. The minimum atomic E-state index is -0.398. The molecule has 2 heteroatoms. The molecule has 0 atom stereocenters. The first-order valence-corrected chi connectivity index (χ1v) is 5.41. The van der Waals surface area contributed by atoms with Crippen LogP contribution in [-0.2, 0) is 10.2 Å². The van der Waals surface area contributed by atoms with Crippen LogP contribution < -0.4 is 0 Å². The van der Waals surface area contributed by atoms with Gasteiger partial charge in [0.2, 0.25) is 0 Å². The molecule has 0 aliphatic carbocycles. The first-order valence-electron chi connectivity index (χ1n) is 4.96. The largest absolute Gasteiger partial charge is 0.286 e. The predicted octanol–water partition coefficient (Wildman–Crippen LogP) is 3.20. The summed E-state index contributed by atoms with van der Waals surface area (Å²) in [5.74, 6) is 0. The Balaban J connectivity index is 3.18. The van der Waals surface area contributed by atoms with E-state index in [1.807, 2.05) is 44.2 Å². The molecule has 0 aliphatic rings. The lowest BCUT2D eigenvalue weighted by Gasteiger charge is -2.28. The molecule has 1 aromatic carbocycles. The third-order valence-corrected chi connectivity index (χ3v) is 3.37. The van der Waals surface area contributed by atoms with Crippen molar-refractivity contribution < 1.29 is 4.79 Å². The van der Waals surface area contributed by atoms with Gasteiger partial charge in [0.1, 0.15) is 0 Å². The van der Waals surface area contributed by atoms with Crippen LogP contribution in [0, 0.1) is 0 Å². The average Bonchev–Trinajstić information content (AvgIpc) is 2.22. The number of thiol groups is 1. The molecule has 0 saturated heterocycles. The van der Waals surface area contributed by atoms with E-state index in [2.05, 4.69) is 12.6 Å². The van der Waals surface area contributed by atoms with Gasteiger partial charge < -0.3 is 0 Å². The molecule has 0 N–H and O–H groups in total. The predicted molar refractivity (Wildman–Crippen MR) is 62.7 cm³/mol. The molecule has 76 valence electrons. The highest BCUT2D eigenvalue weighted by Gasteiger charge is 2.33. The average molecular weight is 208 g/mol. The van der Waals surface area contributed by atoms with Crippen LogP contribution in [0.4, 0.5) is 0 Å². The standard InChI is InChI=1S/C12H16OS/c1-3-12(4-2,11(13)14)10-8-6-5-7-9-10/h5-9H,3-4H2,1-2H3,(H,13,14). The van der Waals surface area contributed by atoms with Crippen LogP contribution in [0.25, 0.3) is 0 Å². The first-order chi connectivity index (χ1) is 6.67. The molecule has 0 unspecified atom stereocenters. The van der Waals surface area contributed by atoms with E-state index in [1.54, 1.807) is 0 Å². The lowest BCUT2D eigenvalue weighted by molar-refractivity contribution is -0.116. The van der Waals surface area contributed by atoms with Crippen molar-refractivity contribution in [3.05, 3.63) is 35.9 Å². The van der Waals surface area contributed by atoms with Crippen molar-refractivity contribution in [3.63, 3.8) is 0 Å². The van der Waals surface area contributed by atoms with E-state index in [1.165, 1.54) is 0 Å². The van der Waals surface area contributed by atoms with Crippen LogP contribution in [-0.4, -0.2) is 5.12 Å². The van der Waals surface area contributed by atoms with E-state index in [0.29, 0.717) is 0 Å². The first kappa shape index (κ1) is 11.3. The van der Waals surface area contributed by atoms with Crippen molar-refractivity contribution in [2.75, 3.05) is 0 Å². The number of rotatable bonds is 4. The van der Waals surface area contributed by atoms with Gasteiger partial charge >= 0.3 is 0 Å². The zero-order chi connectivity index (χ0) is 10.6. The zero-order valence-electron chi connectivity index (χ0n) is 8.66. The minimum Gasteiger partial charge on any atom is -0.286 e. The zero-order valence-corrected chi connectivity index (χ0v) is 9.55. The van der Waals surface area contributed by atoms with Crippen molar-refractivity contribution >= 4 is 17.7 Å². The quantitative estimate of drug-likeness (QED) is 0.752. The maximum Gasteiger partial charge on any atom is 0.196 e. The molecule has 14 heavy (non-hydrogen) atoms. The summed E-state index contributed by atoms with van der Waals surface area (Å²) in [5.41, 5.74) is 0.676. The molecule has 0 saturated carbocycles. The monoisotopic (exact) mass is 208 g/mol. The smallest absolute Gasteiger partial charge is 0.196 e. The van der Waals surface area contributed by atoms with Gasteiger partial charge in [-0.25, -0.2) is 0 Å². The summed E-state index contributed by atoms with van der Waals surface area (Å²) >= 11 is 4.01. The highest BCUT2D eigenvalue weighted by atomic mass is 32.1. The Morgan fingerprint density at radius 1 is 1.21 bits per heavy atom. The van der Waals surface area contributed by atoms with Crippen molar-refractivity contribution in [1.29, 1.82) is 0 Å². The Labute approximate surface area is 90.9 Å². The van der Waals surface area contributed by atoms with Gasteiger partial charge in [-0.3, -0.25) is 4.79 Å². The molecule has 0 heterocycles. The molecule has 0 fully saturated rings. The van der Waals surface area contributed by atoms with Gasteiger partial charge in [-0.05, 0) is 18.4 Å². The van der Waals surface area contributed by atoms with Gasteiger partial charge in [0.25, 0.3) is 0 Å². The molecule has 1 aromatic rings. The fourth-order valence-electron chi connectivity index (χ4n) is 1.84. The van der Waals surface area contributed by atoms with E-state index in [9.17, 15) is 4.79 Å². The summed E-state index contributed by atoms with van der Waals surface area (Å²) in [6.45, 7) is 4.06. The van der Waals surface area contributed by atoms with Gasteiger partial charge in [-0.1, -0.05) is 44.2 Å². The van der Waals surface area contributed by atoms with E-state index in [-0.39, 0.29) is 5.12 Å². The Morgan fingerprint density at radius 3 is 2.07 bits per heavy atom. The third kappa shape index (κ3) is 1.85. The Bertz CT molecular complexity index is 301. The van der Waals surface area contributed by atoms with Gasteiger partial charge in [0.15, 0.2) is 5.12 Å². The van der Waals surface area contributed by atoms with E-state index < -0.39 is 5.41 Å². The van der Waals surface area contributed by atoms with Crippen LogP contribution in [0.15, 0.2) is 30.3 Å². The van der Waals surface area contributed by atoms with Gasteiger partial charge in [-0.15, -0.1) is 12.6 Å². The van der Waals surface area contributed by atoms with Gasteiger partial charge in [-0.2, -0.15) is 0 Å². The Kier molecular flexibility index (Phi) is 3.76. The van der Waals surface area contributed by atoms with E-state index in [0.717, 1.165) is 18.4 Å². The molecule has 0 aliphatic heterocycles. The molecule has 0 spiro atoms. The normalized spacial score (nSPS) is 11.4. The highest BCUT2D eigenvalue weighted by molar-refractivity contribution is 7.96. The van der Waals surface area contributed by atoms with Crippen LogP contribution in [0.1, 0.15) is 32.3 Å². The molecule has 1 nitrogen and oxygen atoms in total. The fraction of sp³-hybridized carbons (Fsp3) is 0.417. The second-order valence-corrected chi connectivity index (χ2v) is 3.87. The van der Waals surface area contributed by atoms with Crippen LogP contribution in [0.3, 0.4) is 0 Å². The molecule has 0 aromatic heterocycles. The second kappa shape index (κ2) is 4.65. The van der Waals surface area contributed by atoms with E-state index >= 15 is 0 Å². The topological polar surface area (TPSA) is 17.1 Å². The summed E-state index contributed by atoms with van der Waals surface area (Å²) < 4.78 is 0. The molecule has 1 rings (SSSR count). The highest BCUT2D eigenvalue weighted by Crippen LogP contribution is 2.33. The molecule has 0 amide bonds. The summed E-state index contributed by atoms with van der Waals surface area (Å²) in [6, 6.07) is 9.89. The number of carbonyl (C=O) groups is 1. The Morgan fingerprint density at radius 2 is 1.71 bits per heavy atom. The summed E-state index contributed by atoms with van der Waals surface area (Å²) in [5, 5.41) is -0.0336. The fourth-order valence-corrected chi connectivity index (χ4v) is 2.29. The maximum absolute atomic E-state index is 11.6. The minimum absolute atomic E-state index is 0.0336. The lowest BCUT2D eigenvalue weighted by Crippen LogP contribution is -2.31. The van der Waals surface area contributed by atoms with Gasteiger partial charge in [0, 0.05) is 0 Å². The van der Waals surface area contributed by atoms with Crippen molar-refractivity contribution in [2.45, 2.75) is 32.1 Å². The summed E-state index contributed by atoms with van der Waals surface area (Å²) in [6.07, 6.45) is 1.60. The second-order valence-electron chi connectivity index (χ2n) is 3.46. The van der Waals surface area contributed by atoms with Crippen LogP contribution in [0.5, 0.6) is 0 Å². The number of hydrogen-bond acceptors (Lipinski definition) is 1. The third-order valence-electron chi connectivity index (χ3n) is 2.94. The van der Waals surface area contributed by atoms with Crippen molar-refractivity contribution in [1.82, 2.24) is 0 Å². The van der Waals surface area contributed by atoms with Gasteiger partial charge in [0.05, 0.1) is 5.41 Å². The Hall–Kier alpha value is -0.760. The molecule has 0 bridgehead atoms. The summed E-state index contributed by atoms with van der Waals surface area (Å²) in [4.78, 5) is 11.6. The van der Waals surface area contributed by atoms with Crippen molar-refractivity contribution in [2.24, 2.45) is 0 Å². The van der Waals surface area contributed by atoms with Crippen molar-refractivity contribution in [3.8, 4) is 0 Å². The molecular formula is C12H16OS. The number of carbonyl (C=O) groups excluding carboxylic acids is 1. The maximum atomic E-state index is 11.6. The summed E-state index contributed by atoms with van der Waals surface area (Å²) in [7, 11) is 0. The number of hydrogen-bond donors (Lipinski definition) is 1. The van der Waals surface area contributed by atoms with Crippen LogP contribution >= 0.6 is 12.6 Å². The SMILES string of the molecule is CCC(CC)(C(=O)S)c1ccccc1. The number of benzene rings is 1.